The van der Waals surface area contributed by atoms with Crippen LogP contribution in [0.5, 0.6) is 5.75 Å². The summed E-state index contributed by atoms with van der Waals surface area (Å²) in [6.07, 6.45) is 3.43. The van der Waals surface area contributed by atoms with Crippen molar-refractivity contribution in [1.29, 1.82) is 0 Å². The van der Waals surface area contributed by atoms with Crippen molar-refractivity contribution in [2.45, 2.75) is 44.0 Å². The van der Waals surface area contributed by atoms with Crippen molar-refractivity contribution >= 4 is 39.1 Å². The average Bonchev–Trinajstić information content (AvgIpc) is 2.35. The summed E-state index contributed by atoms with van der Waals surface area (Å²) in [6, 6.07) is 5.35. The third kappa shape index (κ3) is 2.39. The summed E-state index contributed by atoms with van der Waals surface area (Å²) in [4.78, 5) is 0.531. The fourth-order valence-corrected chi connectivity index (χ4v) is 4.34. The topological polar surface area (TPSA) is 9.23 Å². The molecule has 0 saturated heterocycles. The second-order valence-electron chi connectivity index (χ2n) is 4.82. The van der Waals surface area contributed by atoms with Crippen LogP contribution in [0.2, 0.25) is 10.0 Å². The van der Waals surface area contributed by atoms with E-state index in [2.05, 4.69) is 29.8 Å². The van der Waals surface area contributed by atoms with Gasteiger partial charge in [0.1, 0.15) is 11.9 Å². The maximum Gasteiger partial charge on any atom is 0.139 e. The van der Waals surface area contributed by atoms with E-state index in [-0.39, 0.29) is 11.5 Å². The maximum absolute atomic E-state index is 6.14. The fraction of sp³-hybridized carbons (Fsp3) is 0.571. The number of halogens is 3. The Bertz CT molecular complexity index is 432. The molecular formula is C14H17BrCl2O. The van der Waals surface area contributed by atoms with Crippen LogP contribution in [0.25, 0.3) is 0 Å². The van der Waals surface area contributed by atoms with Crippen molar-refractivity contribution in [3.63, 3.8) is 0 Å². The van der Waals surface area contributed by atoms with Crippen molar-refractivity contribution in [2.24, 2.45) is 5.41 Å². The molecule has 1 saturated carbocycles. The smallest absolute Gasteiger partial charge is 0.139 e. The van der Waals surface area contributed by atoms with Crippen LogP contribution >= 0.6 is 39.1 Å². The summed E-state index contributed by atoms with van der Waals surface area (Å²) in [5, 5.41) is 1.28. The molecule has 0 amide bonds. The summed E-state index contributed by atoms with van der Waals surface area (Å²) < 4.78 is 6.08. The molecule has 0 radical (unpaired) electrons. The van der Waals surface area contributed by atoms with E-state index in [9.17, 15) is 0 Å². The molecule has 2 atom stereocenters. The van der Waals surface area contributed by atoms with Gasteiger partial charge in [0.25, 0.3) is 0 Å². The number of hydrogen-bond donors (Lipinski definition) is 0. The van der Waals surface area contributed by atoms with Gasteiger partial charge in [-0.05, 0) is 31.4 Å². The molecule has 2 unspecified atom stereocenters. The zero-order valence-corrected chi connectivity index (χ0v) is 13.6. The Balaban J connectivity index is 2.17. The van der Waals surface area contributed by atoms with Crippen molar-refractivity contribution in [3.05, 3.63) is 28.2 Å². The first-order chi connectivity index (χ1) is 8.53. The van der Waals surface area contributed by atoms with Gasteiger partial charge in [0.05, 0.1) is 5.02 Å². The molecule has 1 aliphatic carbocycles. The number of rotatable bonds is 4. The molecule has 1 aromatic carbocycles. The van der Waals surface area contributed by atoms with Gasteiger partial charge in [-0.25, -0.2) is 0 Å². The molecule has 0 bridgehead atoms. The molecule has 1 aliphatic rings. The number of benzene rings is 1. The first-order valence-corrected chi connectivity index (χ1v) is 7.96. The van der Waals surface area contributed by atoms with Gasteiger partial charge in [-0.2, -0.15) is 0 Å². The van der Waals surface area contributed by atoms with E-state index in [1.807, 2.05) is 0 Å². The van der Waals surface area contributed by atoms with Gasteiger partial charge >= 0.3 is 0 Å². The number of hydrogen-bond acceptors (Lipinski definition) is 1. The lowest BCUT2D eigenvalue weighted by Gasteiger charge is -2.52. The summed E-state index contributed by atoms with van der Waals surface area (Å²) >= 11 is 15.9. The normalized spacial score (nSPS) is 25.6. The highest BCUT2D eigenvalue weighted by Gasteiger charge is 2.53. The van der Waals surface area contributed by atoms with Gasteiger partial charge in [0, 0.05) is 21.3 Å². The minimum absolute atomic E-state index is 0.214. The van der Waals surface area contributed by atoms with Crippen LogP contribution in [-0.2, 0) is 0 Å². The van der Waals surface area contributed by atoms with Crippen molar-refractivity contribution in [2.75, 3.05) is 0 Å². The van der Waals surface area contributed by atoms with Crippen LogP contribution < -0.4 is 4.74 Å². The molecule has 4 heteroatoms. The van der Waals surface area contributed by atoms with E-state index >= 15 is 0 Å². The molecule has 18 heavy (non-hydrogen) atoms. The fourth-order valence-electron chi connectivity index (χ4n) is 2.73. The molecule has 0 N–H and O–H groups in total. The highest BCUT2D eigenvalue weighted by atomic mass is 79.9. The predicted octanol–water partition coefficient (Wildman–Crippen LogP) is 5.71. The van der Waals surface area contributed by atoms with E-state index in [4.69, 9.17) is 27.9 Å². The Hall–Kier alpha value is 0.0800. The van der Waals surface area contributed by atoms with E-state index in [0.717, 1.165) is 19.3 Å². The van der Waals surface area contributed by atoms with Gasteiger partial charge in [-0.15, -0.1) is 0 Å². The molecule has 1 nitrogen and oxygen atoms in total. The Morgan fingerprint density at radius 2 is 2.00 bits per heavy atom. The second kappa shape index (κ2) is 5.60. The van der Waals surface area contributed by atoms with E-state index in [1.165, 1.54) is 0 Å². The molecule has 0 aromatic heterocycles. The predicted molar refractivity (Wildman–Crippen MR) is 81.2 cm³/mol. The Kier molecular flexibility index (Phi) is 4.51. The SMILES string of the molecule is CCC1(CC)C(Br)CC1Oc1cc(Cl)ccc1Cl. The lowest BCUT2D eigenvalue weighted by molar-refractivity contribution is -0.0410. The highest BCUT2D eigenvalue weighted by Crippen LogP contribution is 2.53. The van der Waals surface area contributed by atoms with E-state index < -0.39 is 0 Å². The third-order valence-corrected chi connectivity index (χ3v) is 6.00. The van der Waals surface area contributed by atoms with Crippen molar-refractivity contribution < 1.29 is 4.74 Å². The highest BCUT2D eigenvalue weighted by molar-refractivity contribution is 9.09. The number of ether oxygens (including phenoxy) is 1. The molecule has 0 spiro atoms. The maximum atomic E-state index is 6.14. The molecule has 0 heterocycles. The first-order valence-electron chi connectivity index (χ1n) is 6.29. The Morgan fingerprint density at radius 3 is 2.56 bits per heavy atom. The standard InChI is InChI=1S/C14H17BrCl2O/c1-3-14(4-2)12(15)8-13(14)18-11-7-9(16)5-6-10(11)17/h5-7,12-13H,3-4,8H2,1-2H3. The zero-order valence-electron chi connectivity index (χ0n) is 10.6. The summed E-state index contributed by atoms with van der Waals surface area (Å²) in [5.41, 5.74) is 0.214. The molecule has 2 rings (SSSR count). The van der Waals surface area contributed by atoms with Gasteiger partial charge in [0.2, 0.25) is 0 Å². The summed E-state index contributed by atoms with van der Waals surface area (Å²) in [6.45, 7) is 4.43. The van der Waals surface area contributed by atoms with Crippen LogP contribution in [0.15, 0.2) is 18.2 Å². The number of alkyl halides is 1. The van der Waals surface area contributed by atoms with E-state index in [0.29, 0.717) is 20.6 Å². The van der Waals surface area contributed by atoms with Crippen LogP contribution in [0, 0.1) is 5.41 Å². The first kappa shape index (κ1) is 14.5. The lowest BCUT2D eigenvalue weighted by Crippen LogP contribution is -2.56. The molecule has 1 aromatic rings. The minimum atomic E-state index is 0.214. The van der Waals surface area contributed by atoms with Gasteiger partial charge < -0.3 is 4.74 Å². The Morgan fingerprint density at radius 1 is 1.33 bits per heavy atom. The Labute approximate surface area is 127 Å². The van der Waals surface area contributed by atoms with Gasteiger partial charge in [0.15, 0.2) is 0 Å². The van der Waals surface area contributed by atoms with Gasteiger partial charge in [-0.1, -0.05) is 53.0 Å². The van der Waals surface area contributed by atoms with E-state index in [1.54, 1.807) is 18.2 Å². The quantitative estimate of drug-likeness (QED) is 0.631. The van der Waals surface area contributed by atoms with Crippen LogP contribution in [0.4, 0.5) is 0 Å². The van der Waals surface area contributed by atoms with Crippen LogP contribution in [-0.4, -0.2) is 10.9 Å². The average molecular weight is 352 g/mol. The largest absolute Gasteiger partial charge is 0.488 e. The summed E-state index contributed by atoms with van der Waals surface area (Å²) in [7, 11) is 0. The van der Waals surface area contributed by atoms with Crippen molar-refractivity contribution in [1.82, 2.24) is 0 Å². The third-order valence-electron chi connectivity index (χ3n) is 4.17. The van der Waals surface area contributed by atoms with Crippen molar-refractivity contribution in [3.8, 4) is 5.75 Å². The molecule has 0 aliphatic heterocycles. The molecular weight excluding hydrogens is 335 g/mol. The van der Waals surface area contributed by atoms with Crippen LogP contribution in [0.3, 0.4) is 0 Å². The molecule has 1 fully saturated rings. The lowest BCUT2D eigenvalue weighted by atomic mass is 9.62. The monoisotopic (exact) mass is 350 g/mol. The second-order valence-corrected chi connectivity index (χ2v) is 6.77. The summed E-state index contributed by atoms with van der Waals surface area (Å²) in [5.74, 6) is 0.694. The van der Waals surface area contributed by atoms with Gasteiger partial charge in [-0.3, -0.25) is 0 Å². The molecule has 100 valence electrons. The minimum Gasteiger partial charge on any atom is -0.488 e. The van der Waals surface area contributed by atoms with Crippen LogP contribution in [0.1, 0.15) is 33.1 Å². The zero-order chi connectivity index (χ0) is 13.3.